The van der Waals surface area contributed by atoms with Crippen LogP contribution in [0.15, 0.2) is 10.6 Å². The Hall–Kier alpha value is -0.310. The van der Waals surface area contributed by atoms with E-state index in [1.165, 1.54) is 0 Å². The highest BCUT2D eigenvalue weighted by Gasteiger charge is 2.76. The van der Waals surface area contributed by atoms with E-state index in [1.54, 1.807) is 14.2 Å². The lowest BCUT2D eigenvalue weighted by atomic mass is 9.35. The van der Waals surface area contributed by atoms with Gasteiger partial charge in [-0.3, -0.25) is 4.79 Å². The molecule has 32 heavy (non-hydrogen) atoms. The molecular formula is C25H38BrNO5. The molecule has 0 aromatic heterocycles. The maximum Gasteiger partial charge on any atom is 0.236 e. The molecular weight excluding hydrogens is 474 g/mol. The third kappa shape index (κ3) is 2.61. The second kappa shape index (κ2) is 7.85. The Balaban J connectivity index is 1.70. The summed E-state index contributed by atoms with van der Waals surface area (Å²) in [4.78, 5) is 16.9. The standard InChI is InChI=1S/C25H38BrNO5/c1-6-27-13-22(15-29-2)9-8-20(30-3)24(14-27)18(22)7-10-23-12-17(26)16(11-19(23)24)25(31-4,32-5)21(23)28/h12,16,18-20H,6-11,13-15H2,1-5H3/t16-,18+,19-,20-,22-,23-,24+/m0/s1. The van der Waals surface area contributed by atoms with E-state index in [4.69, 9.17) is 18.9 Å². The monoisotopic (exact) mass is 511 g/mol. The number of ether oxygens (including phenoxy) is 4. The third-order valence-corrected chi connectivity index (χ3v) is 11.0. The first-order valence-corrected chi connectivity index (χ1v) is 12.9. The number of fused-ring (bicyclic) bond motifs is 1. The van der Waals surface area contributed by atoms with Crippen molar-refractivity contribution < 1.29 is 23.7 Å². The van der Waals surface area contributed by atoms with Crippen molar-refractivity contribution in [1.29, 1.82) is 0 Å². The molecule has 1 heterocycles. The first-order valence-electron chi connectivity index (χ1n) is 12.1. The number of ketones is 1. The minimum absolute atomic E-state index is 0.0796. The summed E-state index contributed by atoms with van der Waals surface area (Å²) in [6, 6.07) is 0. The number of Topliss-reactive ketones (excluding diaryl/α,β-unsaturated/α-hetero) is 1. The van der Waals surface area contributed by atoms with Gasteiger partial charge in [-0.15, -0.1) is 0 Å². The van der Waals surface area contributed by atoms with Gasteiger partial charge in [-0.05, 0) is 50.5 Å². The number of nitrogens with zero attached hydrogens (tertiary/aromatic N) is 1. The number of carbonyl (C=O) groups excluding carboxylic acids is 1. The SMILES string of the molecule is CCN1C[C@]2(COC)CC[C@H](OC)[C@]3(C1)[C@@H]2CC[C@]12C=C(Br)[C@H](C[C@H]31)C(OC)(OC)C2=O. The number of hydrogen-bond donors (Lipinski definition) is 0. The molecule has 180 valence electrons. The zero-order valence-corrected chi connectivity index (χ0v) is 21.7. The average Bonchev–Trinajstić information content (AvgIpc) is 2.79. The van der Waals surface area contributed by atoms with Crippen LogP contribution in [-0.2, 0) is 23.7 Å². The second-order valence-electron chi connectivity index (χ2n) is 10.9. The molecule has 1 saturated heterocycles. The summed E-state index contributed by atoms with van der Waals surface area (Å²) < 4.78 is 25.0. The minimum atomic E-state index is -1.20. The average molecular weight is 512 g/mol. The predicted molar refractivity (Wildman–Crippen MR) is 124 cm³/mol. The van der Waals surface area contributed by atoms with Gasteiger partial charge in [0, 0.05) is 56.8 Å². The number of carbonyl (C=O) groups is 1. The van der Waals surface area contributed by atoms with E-state index in [9.17, 15) is 4.79 Å². The lowest BCUT2D eigenvalue weighted by molar-refractivity contribution is -0.292. The summed E-state index contributed by atoms with van der Waals surface area (Å²) in [5.74, 6) is -0.516. The van der Waals surface area contributed by atoms with Gasteiger partial charge in [0.2, 0.25) is 11.6 Å². The molecule has 3 saturated carbocycles. The number of methoxy groups -OCH3 is 4. The fourth-order valence-corrected chi connectivity index (χ4v) is 10.1. The Labute approximate surface area is 200 Å². The highest BCUT2D eigenvalue weighted by Crippen LogP contribution is 2.73. The van der Waals surface area contributed by atoms with E-state index >= 15 is 0 Å². The predicted octanol–water partition coefficient (Wildman–Crippen LogP) is 3.63. The summed E-state index contributed by atoms with van der Waals surface area (Å²) >= 11 is 3.82. The molecule has 0 radical (unpaired) electrons. The minimum Gasteiger partial charge on any atom is -0.384 e. The van der Waals surface area contributed by atoms with Crippen LogP contribution < -0.4 is 0 Å². The van der Waals surface area contributed by atoms with Gasteiger partial charge in [0.05, 0.1) is 24.0 Å². The molecule has 1 spiro atoms. The molecule has 7 heteroatoms. The van der Waals surface area contributed by atoms with Crippen LogP contribution in [0.4, 0.5) is 0 Å². The van der Waals surface area contributed by atoms with Gasteiger partial charge >= 0.3 is 0 Å². The fourth-order valence-electron chi connectivity index (χ4n) is 9.21. The normalized spacial score (nSPS) is 47.1. The van der Waals surface area contributed by atoms with Gasteiger partial charge in [-0.25, -0.2) is 0 Å². The highest BCUT2D eigenvalue weighted by atomic mass is 79.9. The molecule has 7 atom stereocenters. The van der Waals surface area contributed by atoms with Crippen molar-refractivity contribution in [2.24, 2.45) is 34.0 Å². The molecule has 6 nitrogen and oxygen atoms in total. The topological polar surface area (TPSA) is 57.2 Å². The molecule has 4 bridgehead atoms. The van der Waals surface area contributed by atoms with Crippen molar-refractivity contribution in [1.82, 2.24) is 4.90 Å². The maximum atomic E-state index is 14.3. The number of halogens is 1. The number of rotatable bonds is 6. The first-order chi connectivity index (χ1) is 15.3. The fraction of sp³-hybridized carbons (Fsp3) is 0.880. The molecule has 0 amide bonds. The van der Waals surface area contributed by atoms with E-state index in [0.717, 1.165) is 62.8 Å². The lowest BCUT2D eigenvalue weighted by Crippen LogP contribution is -2.77. The number of allylic oxidation sites excluding steroid dienone is 1. The Morgan fingerprint density at radius 2 is 1.84 bits per heavy atom. The third-order valence-electron chi connectivity index (χ3n) is 10.2. The van der Waals surface area contributed by atoms with Gasteiger partial charge in [0.15, 0.2) is 0 Å². The van der Waals surface area contributed by atoms with Crippen molar-refractivity contribution >= 4 is 21.7 Å². The summed E-state index contributed by atoms with van der Waals surface area (Å²) in [5, 5.41) is 0. The summed E-state index contributed by atoms with van der Waals surface area (Å²) in [6.45, 7) is 6.11. The molecule has 0 aromatic rings. The molecule has 0 N–H and O–H groups in total. The quantitative estimate of drug-likeness (QED) is 0.507. The van der Waals surface area contributed by atoms with Gasteiger partial charge in [0.25, 0.3) is 0 Å². The Kier molecular flexibility index (Phi) is 5.75. The summed E-state index contributed by atoms with van der Waals surface area (Å²) in [5.41, 5.74) is -0.538. The first kappa shape index (κ1) is 23.4. The van der Waals surface area contributed by atoms with Crippen LogP contribution in [0.3, 0.4) is 0 Å². The number of piperidine rings is 1. The second-order valence-corrected chi connectivity index (χ2v) is 11.8. The van der Waals surface area contributed by atoms with E-state index in [0.29, 0.717) is 5.92 Å². The molecule has 6 rings (SSSR count). The van der Waals surface area contributed by atoms with Crippen molar-refractivity contribution in [3.63, 3.8) is 0 Å². The molecule has 6 aliphatic rings. The smallest absolute Gasteiger partial charge is 0.236 e. The van der Waals surface area contributed by atoms with E-state index in [-0.39, 0.29) is 34.6 Å². The van der Waals surface area contributed by atoms with E-state index < -0.39 is 11.2 Å². The zero-order valence-electron chi connectivity index (χ0n) is 20.1. The number of hydrogen-bond acceptors (Lipinski definition) is 6. The molecule has 0 unspecified atom stereocenters. The van der Waals surface area contributed by atoms with Crippen LogP contribution in [0.5, 0.6) is 0 Å². The van der Waals surface area contributed by atoms with E-state index in [1.807, 2.05) is 14.2 Å². The Morgan fingerprint density at radius 1 is 1.09 bits per heavy atom. The largest absolute Gasteiger partial charge is 0.384 e. The molecule has 1 aliphatic heterocycles. The van der Waals surface area contributed by atoms with Crippen LogP contribution in [0.25, 0.3) is 0 Å². The highest BCUT2D eigenvalue weighted by molar-refractivity contribution is 9.11. The van der Waals surface area contributed by atoms with Crippen LogP contribution in [0.1, 0.15) is 39.0 Å². The summed E-state index contributed by atoms with van der Waals surface area (Å²) in [6.07, 6.45) is 7.26. The van der Waals surface area contributed by atoms with Crippen LogP contribution in [0.2, 0.25) is 0 Å². The van der Waals surface area contributed by atoms with Gasteiger partial charge in [-0.2, -0.15) is 0 Å². The molecule has 0 aromatic carbocycles. The van der Waals surface area contributed by atoms with Gasteiger partial charge < -0.3 is 23.8 Å². The van der Waals surface area contributed by atoms with Crippen LogP contribution in [-0.4, -0.2) is 77.3 Å². The zero-order chi connectivity index (χ0) is 22.9. The molecule has 4 fully saturated rings. The Bertz CT molecular complexity index is 814. The Morgan fingerprint density at radius 3 is 2.47 bits per heavy atom. The molecule has 5 aliphatic carbocycles. The van der Waals surface area contributed by atoms with Crippen molar-refractivity contribution in [2.75, 3.05) is 54.7 Å². The lowest BCUT2D eigenvalue weighted by Gasteiger charge is -2.73. The summed E-state index contributed by atoms with van der Waals surface area (Å²) in [7, 11) is 6.93. The van der Waals surface area contributed by atoms with Crippen LogP contribution >= 0.6 is 15.9 Å². The van der Waals surface area contributed by atoms with Crippen molar-refractivity contribution in [3.05, 3.63) is 10.6 Å². The van der Waals surface area contributed by atoms with Gasteiger partial charge in [-0.1, -0.05) is 28.9 Å². The van der Waals surface area contributed by atoms with Crippen molar-refractivity contribution in [2.45, 2.75) is 50.9 Å². The van der Waals surface area contributed by atoms with Crippen LogP contribution in [0, 0.1) is 34.0 Å². The maximum absolute atomic E-state index is 14.3. The van der Waals surface area contributed by atoms with Crippen molar-refractivity contribution in [3.8, 4) is 0 Å². The number of likely N-dealkylation sites (tertiary alicyclic amines) is 1. The van der Waals surface area contributed by atoms with Gasteiger partial charge in [0.1, 0.15) is 0 Å². The van der Waals surface area contributed by atoms with E-state index in [2.05, 4.69) is 33.8 Å².